The Balaban J connectivity index is 1.93. The van der Waals surface area contributed by atoms with Gasteiger partial charge in [-0.05, 0) is 48.7 Å². The van der Waals surface area contributed by atoms with E-state index in [2.05, 4.69) is 78.6 Å². The van der Waals surface area contributed by atoms with Crippen molar-refractivity contribution < 1.29 is 0 Å². The number of aryl methyl sites for hydroxylation is 1. The van der Waals surface area contributed by atoms with Crippen LogP contribution in [0.3, 0.4) is 0 Å². The van der Waals surface area contributed by atoms with Gasteiger partial charge in [-0.3, -0.25) is 0 Å². The molecule has 0 amide bonds. The van der Waals surface area contributed by atoms with Gasteiger partial charge < -0.3 is 4.90 Å². The highest BCUT2D eigenvalue weighted by atomic mass is 15.2. The standard InChI is InChI=1S/C19H17N/c1-14-7-6-8-15(13-14)20-18-11-4-2-9-16(18)17-10-3-5-12-19(17)20/h2-9,11-13,17H,10H2,1H3. The van der Waals surface area contributed by atoms with Gasteiger partial charge in [0.1, 0.15) is 0 Å². The average molecular weight is 259 g/mol. The summed E-state index contributed by atoms with van der Waals surface area (Å²) >= 11 is 0. The van der Waals surface area contributed by atoms with Crippen molar-refractivity contribution in [1.29, 1.82) is 0 Å². The van der Waals surface area contributed by atoms with Gasteiger partial charge in [0.25, 0.3) is 0 Å². The third-order valence-corrected chi connectivity index (χ3v) is 4.20. The molecule has 1 atom stereocenters. The molecule has 0 saturated heterocycles. The molecule has 4 rings (SSSR count). The van der Waals surface area contributed by atoms with Crippen LogP contribution in [0.25, 0.3) is 0 Å². The number of allylic oxidation sites excluding steroid dienone is 4. The lowest BCUT2D eigenvalue weighted by molar-refractivity contribution is 0.819. The summed E-state index contributed by atoms with van der Waals surface area (Å²) in [5, 5.41) is 0. The first-order chi connectivity index (χ1) is 9.84. The minimum atomic E-state index is 0.511. The minimum absolute atomic E-state index is 0.511. The van der Waals surface area contributed by atoms with Gasteiger partial charge in [-0.1, -0.05) is 42.5 Å². The van der Waals surface area contributed by atoms with E-state index >= 15 is 0 Å². The largest absolute Gasteiger partial charge is 0.313 e. The van der Waals surface area contributed by atoms with Crippen LogP contribution in [-0.2, 0) is 0 Å². The Hall–Kier alpha value is -2.28. The average Bonchev–Trinajstić information content (AvgIpc) is 2.82. The molecule has 2 aromatic carbocycles. The second-order valence-corrected chi connectivity index (χ2v) is 5.54. The van der Waals surface area contributed by atoms with E-state index in [-0.39, 0.29) is 0 Å². The molecule has 2 aromatic rings. The Labute approximate surface area is 119 Å². The zero-order valence-electron chi connectivity index (χ0n) is 11.6. The molecule has 0 radical (unpaired) electrons. The van der Waals surface area contributed by atoms with Crippen LogP contribution in [-0.4, -0.2) is 0 Å². The number of rotatable bonds is 1. The molecule has 1 heteroatoms. The lowest BCUT2D eigenvalue weighted by atomic mass is 9.92. The lowest BCUT2D eigenvalue weighted by Gasteiger charge is -2.24. The Morgan fingerprint density at radius 3 is 2.85 bits per heavy atom. The normalized spacial score (nSPS) is 19.6. The van der Waals surface area contributed by atoms with Crippen molar-refractivity contribution in [2.45, 2.75) is 19.3 Å². The maximum atomic E-state index is 2.41. The summed E-state index contributed by atoms with van der Waals surface area (Å²) in [5.74, 6) is 0.511. The van der Waals surface area contributed by atoms with E-state index < -0.39 is 0 Å². The van der Waals surface area contributed by atoms with E-state index in [1.165, 1.54) is 28.2 Å². The molecule has 0 N–H and O–H groups in total. The molecule has 0 fully saturated rings. The van der Waals surface area contributed by atoms with Crippen LogP contribution in [0.2, 0.25) is 0 Å². The molecule has 1 nitrogen and oxygen atoms in total. The molecule has 2 aliphatic rings. The number of hydrogen-bond acceptors (Lipinski definition) is 1. The number of para-hydroxylation sites is 1. The number of fused-ring (bicyclic) bond motifs is 3. The lowest BCUT2D eigenvalue weighted by Crippen LogP contribution is -2.14. The van der Waals surface area contributed by atoms with Crippen molar-refractivity contribution in [1.82, 2.24) is 0 Å². The van der Waals surface area contributed by atoms with Crippen molar-refractivity contribution >= 4 is 11.4 Å². The molecular formula is C19H17N. The van der Waals surface area contributed by atoms with Gasteiger partial charge in [-0.25, -0.2) is 0 Å². The molecule has 0 aromatic heterocycles. The van der Waals surface area contributed by atoms with Gasteiger partial charge in [0, 0.05) is 23.0 Å². The number of anilines is 2. The molecule has 0 spiro atoms. The monoisotopic (exact) mass is 259 g/mol. The number of nitrogens with zero attached hydrogens (tertiary/aromatic N) is 1. The van der Waals surface area contributed by atoms with Gasteiger partial charge >= 0.3 is 0 Å². The maximum Gasteiger partial charge on any atom is 0.0497 e. The fourth-order valence-electron chi connectivity index (χ4n) is 3.31. The zero-order valence-corrected chi connectivity index (χ0v) is 11.6. The molecule has 0 saturated carbocycles. The Morgan fingerprint density at radius 1 is 1.05 bits per heavy atom. The van der Waals surface area contributed by atoms with Crippen molar-refractivity contribution in [2.75, 3.05) is 4.90 Å². The number of benzene rings is 2. The van der Waals surface area contributed by atoms with E-state index in [1.54, 1.807) is 0 Å². The Kier molecular flexibility index (Phi) is 2.53. The predicted octanol–water partition coefficient (Wildman–Crippen LogP) is 5.07. The van der Waals surface area contributed by atoms with Crippen LogP contribution < -0.4 is 4.90 Å². The first kappa shape index (κ1) is 11.5. The predicted molar refractivity (Wildman–Crippen MR) is 84.3 cm³/mol. The minimum Gasteiger partial charge on any atom is -0.313 e. The van der Waals surface area contributed by atoms with Crippen molar-refractivity contribution in [3.63, 3.8) is 0 Å². The summed E-state index contributed by atoms with van der Waals surface area (Å²) < 4.78 is 0. The SMILES string of the molecule is Cc1cccc(N2C3=CC=CCC3c3ccccc32)c1. The molecular weight excluding hydrogens is 242 g/mol. The molecule has 0 bridgehead atoms. The highest BCUT2D eigenvalue weighted by Crippen LogP contribution is 2.50. The highest BCUT2D eigenvalue weighted by molar-refractivity contribution is 5.79. The molecule has 20 heavy (non-hydrogen) atoms. The van der Waals surface area contributed by atoms with Crippen LogP contribution in [0.5, 0.6) is 0 Å². The molecule has 1 aliphatic carbocycles. The van der Waals surface area contributed by atoms with E-state index in [1.807, 2.05) is 0 Å². The summed E-state index contributed by atoms with van der Waals surface area (Å²) in [4.78, 5) is 2.41. The summed E-state index contributed by atoms with van der Waals surface area (Å²) in [6.07, 6.45) is 7.81. The second kappa shape index (κ2) is 4.38. The molecule has 98 valence electrons. The van der Waals surface area contributed by atoms with Crippen LogP contribution in [0.4, 0.5) is 11.4 Å². The van der Waals surface area contributed by atoms with Gasteiger partial charge in [0.05, 0.1) is 0 Å². The maximum absolute atomic E-state index is 2.41. The fraction of sp³-hybridized carbons (Fsp3) is 0.158. The quantitative estimate of drug-likeness (QED) is 0.690. The van der Waals surface area contributed by atoms with Gasteiger partial charge in [0.15, 0.2) is 0 Å². The van der Waals surface area contributed by atoms with Crippen LogP contribution in [0.15, 0.2) is 72.5 Å². The third-order valence-electron chi connectivity index (χ3n) is 4.20. The topological polar surface area (TPSA) is 3.24 Å². The van der Waals surface area contributed by atoms with Crippen LogP contribution >= 0.6 is 0 Å². The number of hydrogen-bond donors (Lipinski definition) is 0. The van der Waals surface area contributed by atoms with E-state index in [9.17, 15) is 0 Å². The van der Waals surface area contributed by atoms with Gasteiger partial charge in [-0.15, -0.1) is 0 Å². The van der Waals surface area contributed by atoms with E-state index in [0.717, 1.165) is 6.42 Å². The summed E-state index contributed by atoms with van der Waals surface area (Å²) in [6.45, 7) is 2.15. The first-order valence-electron chi connectivity index (χ1n) is 7.17. The van der Waals surface area contributed by atoms with Crippen molar-refractivity contribution in [3.8, 4) is 0 Å². The van der Waals surface area contributed by atoms with Gasteiger partial charge in [-0.2, -0.15) is 0 Å². The summed E-state index contributed by atoms with van der Waals surface area (Å²) in [7, 11) is 0. The summed E-state index contributed by atoms with van der Waals surface area (Å²) in [6, 6.07) is 17.5. The molecule has 1 heterocycles. The second-order valence-electron chi connectivity index (χ2n) is 5.54. The molecule has 1 aliphatic heterocycles. The molecule has 1 unspecified atom stereocenters. The summed E-state index contributed by atoms with van der Waals surface area (Å²) in [5.41, 5.74) is 6.75. The fourth-order valence-corrected chi connectivity index (χ4v) is 3.31. The van der Waals surface area contributed by atoms with Crippen molar-refractivity contribution in [3.05, 3.63) is 83.6 Å². The first-order valence-corrected chi connectivity index (χ1v) is 7.17. The highest BCUT2D eigenvalue weighted by Gasteiger charge is 2.34. The Bertz CT molecular complexity index is 724. The zero-order chi connectivity index (χ0) is 13.5. The smallest absolute Gasteiger partial charge is 0.0497 e. The van der Waals surface area contributed by atoms with Crippen LogP contribution in [0.1, 0.15) is 23.5 Å². The van der Waals surface area contributed by atoms with E-state index in [0.29, 0.717) is 5.92 Å². The van der Waals surface area contributed by atoms with E-state index in [4.69, 9.17) is 0 Å². The van der Waals surface area contributed by atoms with Crippen LogP contribution in [0, 0.1) is 6.92 Å². The van der Waals surface area contributed by atoms with Crippen molar-refractivity contribution in [2.24, 2.45) is 0 Å². The Morgan fingerprint density at radius 2 is 1.95 bits per heavy atom. The third kappa shape index (κ3) is 1.63. The van der Waals surface area contributed by atoms with Gasteiger partial charge in [0.2, 0.25) is 0 Å².